The number of anilines is 1. The molecule has 2 aromatic heterocycles. The maximum Gasteiger partial charge on any atom is 0.329 e. The zero-order valence-electron chi connectivity index (χ0n) is 19.9. The quantitative estimate of drug-likeness (QED) is 0.201. The monoisotopic (exact) mass is 494 g/mol. The van der Waals surface area contributed by atoms with Gasteiger partial charge in [0.25, 0.3) is 5.56 Å². The number of aliphatic hydroxyl groups excluding tert-OH is 1. The lowest BCUT2D eigenvalue weighted by Crippen LogP contribution is -2.30. The topological polar surface area (TPSA) is 156 Å². The molecular weight excluding hydrogens is 468 g/mol. The largest absolute Gasteiger partial charge is 0.507 e. The maximum atomic E-state index is 12.7. The van der Waals surface area contributed by atoms with Crippen molar-refractivity contribution in [2.75, 3.05) is 19.1 Å². The minimum absolute atomic E-state index is 0.0546. The lowest BCUT2D eigenvalue weighted by molar-refractivity contribution is 0.0938. The van der Waals surface area contributed by atoms with E-state index in [-0.39, 0.29) is 36.0 Å². The fraction of sp³-hybridized carbons (Fsp3) is 0.250. The Morgan fingerprint density at radius 3 is 2.56 bits per heavy atom. The number of imidazole rings is 1. The fourth-order valence-electron chi connectivity index (χ4n) is 3.60. The summed E-state index contributed by atoms with van der Waals surface area (Å²) in [5, 5.41) is 25.1. The van der Waals surface area contributed by atoms with E-state index in [0.717, 1.165) is 0 Å². The Morgan fingerprint density at radius 2 is 1.86 bits per heavy atom. The molecule has 0 radical (unpaired) electrons. The molecule has 0 amide bonds. The first kappa shape index (κ1) is 24.5. The number of aromatic nitrogens is 4. The van der Waals surface area contributed by atoms with Crippen molar-refractivity contribution in [2.45, 2.75) is 19.6 Å². The van der Waals surface area contributed by atoms with Crippen LogP contribution < -0.4 is 26.1 Å². The molecule has 4 N–H and O–H groups in total. The number of methoxy groups -OCH3 is 1. The van der Waals surface area contributed by atoms with Crippen molar-refractivity contribution in [3.05, 3.63) is 74.9 Å². The fourth-order valence-corrected chi connectivity index (χ4v) is 3.60. The van der Waals surface area contributed by atoms with Crippen LogP contribution in [0.3, 0.4) is 0 Å². The second-order valence-corrected chi connectivity index (χ2v) is 8.00. The van der Waals surface area contributed by atoms with Crippen LogP contribution in [0.15, 0.2) is 63.2 Å². The van der Waals surface area contributed by atoms with E-state index in [0.29, 0.717) is 22.8 Å². The van der Waals surface area contributed by atoms with E-state index < -0.39 is 17.4 Å². The van der Waals surface area contributed by atoms with Crippen molar-refractivity contribution in [2.24, 2.45) is 12.1 Å². The third-order valence-corrected chi connectivity index (χ3v) is 5.52. The number of nitrogens with zero attached hydrogens (tertiary/aromatic N) is 4. The first-order valence-corrected chi connectivity index (χ1v) is 11.0. The van der Waals surface area contributed by atoms with Crippen molar-refractivity contribution in [3.63, 3.8) is 0 Å². The van der Waals surface area contributed by atoms with Crippen molar-refractivity contribution in [3.8, 4) is 17.2 Å². The molecule has 0 aliphatic heterocycles. The van der Waals surface area contributed by atoms with Crippen LogP contribution in [0.5, 0.6) is 17.2 Å². The molecule has 0 saturated carbocycles. The normalized spacial score (nSPS) is 12.5. The van der Waals surface area contributed by atoms with Crippen LogP contribution in [0.25, 0.3) is 11.2 Å². The second-order valence-electron chi connectivity index (χ2n) is 8.00. The Balaban J connectivity index is 1.63. The summed E-state index contributed by atoms with van der Waals surface area (Å²) in [5.41, 5.74) is 2.67. The highest BCUT2D eigenvalue weighted by Crippen LogP contribution is 2.20. The Hall–Kier alpha value is -4.58. The summed E-state index contributed by atoms with van der Waals surface area (Å²) in [5.74, 6) is 1.38. The number of rotatable bonds is 9. The molecule has 0 unspecified atom stereocenters. The molecule has 0 fully saturated rings. The Morgan fingerprint density at radius 1 is 1.17 bits per heavy atom. The molecule has 36 heavy (non-hydrogen) atoms. The van der Waals surface area contributed by atoms with Crippen LogP contribution in [-0.4, -0.2) is 54.8 Å². The van der Waals surface area contributed by atoms with Gasteiger partial charge < -0.3 is 24.3 Å². The molecule has 12 nitrogen and oxygen atoms in total. The molecule has 4 rings (SSSR count). The molecule has 0 saturated heterocycles. The maximum absolute atomic E-state index is 12.7. The van der Waals surface area contributed by atoms with Gasteiger partial charge in [0.2, 0.25) is 5.95 Å². The van der Waals surface area contributed by atoms with Gasteiger partial charge in [0, 0.05) is 12.6 Å². The van der Waals surface area contributed by atoms with E-state index in [4.69, 9.17) is 9.47 Å². The number of benzene rings is 2. The number of para-hydroxylation sites is 1. The second kappa shape index (κ2) is 10.4. The van der Waals surface area contributed by atoms with E-state index in [2.05, 4.69) is 20.5 Å². The summed E-state index contributed by atoms with van der Waals surface area (Å²) in [6.45, 7) is 1.53. The number of aryl methyl sites for hydroxylation is 1. The molecule has 188 valence electrons. The first-order chi connectivity index (χ1) is 17.3. The summed E-state index contributed by atoms with van der Waals surface area (Å²) in [4.78, 5) is 31.4. The van der Waals surface area contributed by atoms with Crippen LogP contribution >= 0.6 is 0 Å². The van der Waals surface area contributed by atoms with Crippen LogP contribution in [0.2, 0.25) is 0 Å². The van der Waals surface area contributed by atoms with Gasteiger partial charge in [-0.15, -0.1) is 0 Å². The van der Waals surface area contributed by atoms with Gasteiger partial charge in [0.1, 0.15) is 30.0 Å². The third kappa shape index (κ3) is 5.08. The van der Waals surface area contributed by atoms with Crippen molar-refractivity contribution >= 4 is 22.8 Å². The lowest BCUT2D eigenvalue weighted by Gasteiger charge is -2.15. The van der Waals surface area contributed by atoms with Gasteiger partial charge in [-0.2, -0.15) is 10.1 Å². The highest BCUT2D eigenvalue weighted by molar-refractivity contribution is 6.01. The number of aromatic hydroxyl groups is 1. The molecular formula is C24H26N6O6. The van der Waals surface area contributed by atoms with Crippen LogP contribution in [0.1, 0.15) is 12.5 Å². The number of phenols is 1. The predicted octanol–water partition coefficient (Wildman–Crippen LogP) is 1.41. The zero-order chi connectivity index (χ0) is 25.8. The number of hydrazone groups is 1. The van der Waals surface area contributed by atoms with Gasteiger partial charge in [0.15, 0.2) is 11.2 Å². The predicted molar refractivity (Wildman–Crippen MR) is 134 cm³/mol. The molecule has 4 aromatic rings. The molecule has 12 heteroatoms. The van der Waals surface area contributed by atoms with Gasteiger partial charge in [0.05, 0.1) is 19.4 Å². The summed E-state index contributed by atoms with van der Waals surface area (Å²) in [6, 6.07) is 13.6. The Labute approximate surface area is 205 Å². The number of H-pyrrole nitrogens is 1. The minimum atomic E-state index is -1.04. The number of hydrogen-bond donors (Lipinski definition) is 4. The summed E-state index contributed by atoms with van der Waals surface area (Å²) >= 11 is 0. The Kier molecular flexibility index (Phi) is 7.06. The Bertz CT molecular complexity index is 1520. The number of aliphatic hydroxyl groups is 1. The van der Waals surface area contributed by atoms with Crippen molar-refractivity contribution < 1.29 is 19.7 Å². The molecule has 2 heterocycles. The number of fused-ring (bicyclic) bond motifs is 1. The van der Waals surface area contributed by atoms with Crippen LogP contribution in [-0.2, 0) is 13.6 Å². The average Bonchev–Trinajstić information content (AvgIpc) is 3.23. The molecule has 1 atom stereocenters. The third-order valence-electron chi connectivity index (χ3n) is 5.52. The molecule has 0 aliphatic carbocycles. The van der Waals surface area contributed by atoms with Gasteiger partial charge in [-0.25, -0.2) is 10.2 Å². The van der Waals surface area contributed by atoms with E-state index in [1.165, 1.54) is 22.2 Å². The lowest BCUT2D eigenvalue weighted by atomic mass is 10.1. The van der Waals surface area contributed by atoms with Crippen LogP contribution in [0, 0.1) is 0 Å². The number of hydrogen-bond acceptors (Lipinski definition) is 9. The smallest absolute Gasteiger partial charge is 0.329 e. The van der Waals surface area contributed by atoms with Gasteiger partial charge in [-0.3, -0.25) is 14.3 Å². The summed E-state index contributed by atoms with van der Waals surface area (Å²) in [7, 11) is 3.04. The first-order valence-electron chi connectivity index (χ1n) is 11.0. The average molecular weight is 495 g/mol. The minimum Gasteiger partial charge on any atom is -0.507 e. The SMILES string of the molecule is COc1ccc(OC[C@@H](O)Cn2c(N/N=C(/C)c3ccccc3O)nc3c2c(=O)[nH]c(=O)n3C)cc1. The number of phenolic OH excluding ortho intramolecular Hbond substituents is 1. The number of aromatic amines is 1. The van der Waals surface area contributed by atoms with Crippen molar-refractivity contribution in [1.82, 2.24) is 19.1 Å². The number of nitrogens with one attached hydrogen (secondary N) is 2. The zero-order valence-corrected chi connectivity index (χ0v) is 19.9. The van der Waals surface area contributed by atoms with Gasteiger partial charge in [-0.1, -0.05) is 12.1 Å². The van der Waals surface area contributed by atoms with E-state index in [1.54, 1.807) is 56.5 Å². The van der Waals surface area contributed by atoms with Gasteiger partial charge in [-0.05, 0) is 43.3 Å². The highest BCUT2D eigenvalue weighted by Gasteiger charge is 2.20. The van der Waals surface area contributed by atoms with E-state index in [1.807, 2.05) is 0 Å². The number of ether oxygens (including phenoxy) is 2. The molecule has 0 spiro atoms. The van der Waals surface area contributed by atoms with Crippen molar-refractivity contribution in [1.29, 1.82) is 0 Å². The van der Waals surface area contributed by atoms with E-state index >= 15 is 0 Å². The van der Waals surface area contributed by atoms with Crippen LogP contribution in [0.4, 0.5) is 5.95 Å². The summed E-state index contributed by atoms with van der Waals surface area (Å²) < 4.78 is 13.4. The molecule has 2 aromatic carbocycles. The van der Waals surface area contributed by atoms with Gasteiger partial charge >= 0.3 is 5.69 Å². The highest BCUT2D eigenvalue weighted by atomic mass is 16.5. The molecule has 0 aliphatic rings. The summed E-state index contributed by atoms with van der Waals surface area (Å²) in [6.07, 6.45) is -1.04. The molecule has 0 bridgehead atoms. The van der Waals surface area contributed by atoms with E-state index in [9.17, 15) is 19.8 Å². The standard InChI is InChI=1S/C24H26N6O6/c1-14(18-6-4-5-7-19(18)32)27-28-23-25-21-20(22(33)26-24(34)29(21)2)30(23)12-15(31)13-36-17-10-8-16(35-3)9-11-17/h4-11,15,31-32H,12-13H2,1-3H3,(H,25,28)(H,26,33,34)/b27-14-/t15-/m0/s1.